The number of amides is 1. The highest BCUT2D eigenvalue weighted by Crippen LogP contribution is 2.19. The van der Waals surface area contributed by atoms with Gasteiger partial charge >= 0.3 is 0 Å². The van der Waals surface area contributed by atoms with Crippen molar-refractivity contribution in [3.8, 4) is 0 Å². The van der Waals surface area contributed by atoms with Crippen molar-refractivity contribution >= 4 is 23.2 Å². The lowest BCUT2D eigenvalue weighted by Crippen LogP contribution is -2.29. The standard InChI is InChI=1S/C11H12ClFN2O3/c1-7(5-12)6-14-11(16)9-4-8(13)2-3-10(9)15(17)18/h2-4,7H,5-6H2,1H3,(H,14,16). The molecule has 1 amide bonds. The van der Waals surface area contributed by atoms with Crippen molar-refractivity contribution in [1.29, 1.82) is 0 Å². The first-order valence-electron chi connectivity index (χ1n) is 5.23. The molecule has 1 unspecified atom stereocenters. The molecule has 1 N–H and O–H groups in total. The molecule has 1 aromatic carbocycles. The predicted molar refractivity (Wildman–Crippen MR) is 65.3 cm³/mol. The summed E-state index contributed by atoms with van der Waals surface area (Å²) in [6, 6.07) is 2.75. The highest BCUT2D eigenvalue weighted by molar-refractivity contribution is 6.18. The van der Waals surface area contributed by atoms with Gasteiger partial charge in [-0.3, -0.25) is 14.9 Å². The van der Waals surface area contributed by atoms with Crippen LogP contribution in [0.5, 0.6) is 0 Å². The molecule has 1 aromatic rings. The summed E-state index contributed by atoms with van der Waals surface area (Å²) in [5.74, 6) is -0.997. The van der Waals surface area contributed by atoms with Gasteiger partial charge in [0.1, 0.15) is 11.4 Å². The molecule has 0 fully saturated rings. The molecule has 0 saturated carbocycles. The molecule has 98 valence electrons. The molecule has 18 heavy (non-hydrogen) atoms. The number of hydrogen-bond donors (Lipinski definition) is 1. The van der Waals surface area contributed by atoms with Crippen LogP contribution >= 0.6 is 11.6 Å². The number of rotatable bonds is 5. The van der Waals surface area contributed by atoms with Gasteiger partial charge < -0.3 is 5.32 Å². The van der Waals surface area contributed by atoms with E-state index in [1.807, 2.05) is 6.92 Å². The summed E-state index contributed by atoms with van der Waals surface area (Å²) in [6.07, 6.45) is 0. The van der Waals surface area contributed by atoms with Crippen molar-refractivity contribution in [3.05, 3.63) is 39.7 Å². The Morgan fingerprint density at radius 2 is 2.28 bits per heavy atom. The van der Waals surface area contributed by atoms with E-state index in [0.29, 0.717) is 5.88 Å². The number of benzene rings is 1. The van der Waals surface area contributed by atoms with Gasteiger partial charge in [0.15, 0.2) is 0 Å². The number of nitro groups is 1. The summed E-state index contributed by atoms with van der Waals surface area (Å²) >= 11 is 5.57. The second-order valence-electron chi connectivity index (χ2n) is 3.89. The SMILES string of the molecule is CC(CCl)CNC(=O)c1cc(F)ccc1[N+](=O)[O-]. The van der Waals surface area contributed by atoms with E-state index in [1.165, 1.54) is 0 Å². The maximum Gasteiger partial charge on any atom is 0.282 e. The maximum absolute atomic E-state index is 13.0. The fourth-order valence-electron chi connectivity index (χ4n) is 1.27. The largest absolute Gasteiger partial charge is 0.352 e. The number of nitro benzene ring substituents is 1. The zero-order valence-corrected chi connectivity index (χ0v) is 10.4. The van der Waals surface area contributed by atoms with E-state index in [0.717, 1.165) is 18.2 Å². The monoisotopic (exact) mass is 274 g/mol. The van der Waals surface area contributed by atoms with Crippen LogP contribution in [0, 0.1) is 21.8 Å². The van der Waals surface area contributed by atoms with Gasteiger partial charge in [-0.05, 0) is 18.1 Å². The van der Waals surface area contributed by atoms with Crippen LogP contribution in [0.3, 0.4) is 0 Å². The van der Waals surface area contributed by atoms with Gasteiger partial charge in [-0.1, -0.05) is 6.92 Å². The van der Waals surface area contributed by atoms with E-state index in [4.69, 9.17) is 11.6 Å². The van der Waals surface area contributed by atoms with Crippen molar-refractivity contribution in [2.75, 3.05) is 12.4 Å². The Balaban J connectivity index is 2.90. The van der Waals surface area contributed by atoms with Gasteiger partial charge in [-0.2, -0.15) is 0 Å². The van der Waals surface area contributed by atoms with E-state index in [9.17, 15) is 19.3 Å². The average Bonchev–Trinajstić information content (AvgIpc) is 2.34. The van der Waals surface area contributed by atoms with Gasteiger partial charge in [-0.15, -0.1) is 11.6 Å². The summed E-state index contributed by atoms with van der Waals surface area (Å²) in [6.45, 7) is 2.09. The highest BCUT2D eigenvalue weighted by Gasteiger charge is 2.20. The molecule has 0 radical (unpaired) electrons. The molecule has 0 spiro atoms. The van der Waals surface area contributed by atoms with E-state index in [-0.39, 0.29) is 18.0 Å². The molecule has 0 bridgehead atoms. The zero-order valence-electron chi connectivity index (χ0n) is 9.65. The van der Waals surface area contributed by atoms with Crippen molar-refractivity contribution in [2.24, 2.45) is 5.92 Å². The normalized spacial score (nSPS) is 11.9. The van der Waals surface area contributed by atoms with Gasteiger partial charge in [0, 0.05) is 18.5 Å². The minimum atomic E-state index is -0.723. The second-order valence-corrected chi connectivity index (χ2v) is 4.20. The van der Waals surface area contributed by atoms with Crippen molar-refractivity contribution in [1.82, 2.24) is 5.32 Å². The number of alkyl halides is 1. The zero-order chi connectivity index (χ0) is 13.7. The Morgan fingerprint density at radius 3 is 2.83 bits per heavy atom. The first-order chi connectivity index (χ1) is 8.45. The fraction of sp³-hybridized carbons (Fsp3) is 0.364. The molecule has 0 aliphatic heterocycles. The first kappa shape index (κ1) is 14.4. The van der Waals surface area contributed by atoms with Crippen LogP contribution in [0.4, 0.5) is 10.1 Å². The Kier molecular flexibility index (Phi) is 5.03. The summed E-state index contributed by atoms with van der Waals surface area (Å²) in [7, 11) is 0. The van der Waals surface area contributed by atoms with Gasteiger partial charge in [-0.25, -0.2) is 4.39 Å². The minimum Gasteiger partial charge on any atom is -0.352 e. The third-order valence-electron chi connectivity index (χ3n) is 2.27. The van der Waals surface area contributed by atoms with Crippen LogP contribution in [-0.2, 0) is 0 Å². The lowest BCUT2D eigenvalue weighted by molar-refractivity contribution is -0.385. The Hall–Kier alpha value is -1.69. The molecule has 0 aromatic heterocycles. The third kappa shape index (κ3) is 3.66. The van der Waals surface area contributed by atoms with Crippen LogP contribution in [-0.4, -0.2) is 23.3 Å². The quantitative estimate of drug-likeness (QED) is 0.509. The van der Waals surface area contributed by atoms with E-state index in [2.05, 4.69) is 5.32 Å². The fourth-order valence-corrected chi connectivity index (χ4v) is 1.38. The van der Waals surface area contributed by atoms with Gasteiger partial charge in [0.2, 0.25) is 0 Å². The van der Waals surface area contributed by atoms with Crippen LogP contribution in [0.15, 0.2) is 18.2 Å². The van der Waals surface area contributed by atoms with Crippen molar-refractivity contribution < 1.29 is 14.1 Å². The number of carbonyl (C=O) groups excluding carboxylic acids is 1. The van der Waals surface area contributed by atoms with E-state index < -0.39 is 22.3 Å². The first-order valence-corrected chi connectivity index (χ1v) is 5.77. The van der Waals surface area contributed by atoms with Gasteiger partial charge in [0.25, 0.3) is 11.6 Å². The molecule has 1 atom stereocenters. The lowest BCUT2D eigenvalue weighted by atomic mass is 10.1. The summed E-state index contributed by atoms with van der Waals surface area (Å²) in [5.41, 5.74) is -0.714. The molecule has 0 heterocycles. The number of nitrogens with one attached hydrogen (secondary N) is 1. The molecule has 1 rings (SSSR count). The second kappa shape index (κ2) is 6.30. The summed E-state index contributed by atoms with van der Waals surface area (Å²) in [5, 5.41) is 13.2. The van der Waals surface area contributed by atoms with Crippen LogP contribution in [0.25, 0.3) is 0 Å². The average molecular weight is 275 g/mol. The third-order valence-corrected chi connectivity index (χ3v) is 2.80. The summed E-state index contributed by atoms with van der Waals surface area (Å²) in [4.78, 5) is 21.7. The van der Waals surface area contributed by atoms with E-state index >= 15 is 0 Å². The van der Waals surface area contributed by atoms with Crippen molar-refractivity contribution in [2.45, 2.75) is 6.92 Å². The molecule has 0 aliphatic carbocycles. The number of nitrogens with zero attached hydrogens (tertiary/aromatic N) is 1. The Bertz CT molecular complexity index is 468. The topological polar surface area (TPSA) is 72.2 Å². The Labute approximate surface area is 108 Å². The number of carbonyl (C=O) groups is 1. The van der Waals surface area contributed by atoms with Crippen LogP contribution in [0.2, 0.25) is 0 Å². The molecule has 5 nitrogen and oxygen atoms in total. The minimum absolute atomic E-state index is 0.0308. The van der Waals surface area contributed by atoms with Crippen LogP contribution < -0.4 is 5.32 Å². The van der Waals surface area contributed by atoms with Crippen molar-refractivity contribution in [3.63, 3.8) is 0 Å². The van der Waals surface area contributed by atoms with Gasteiger partial charge in [0.05, 0.1) is 4.92 Å². The number of hydrogen-bond acceptors (Lipinski definition) is 3. The maximum atomic E-state index is 13.0. The predicted octanol–water partition coefficient (Wildman–Crippen LogP) is 2.34. The molecule has 0 aliphatic rings. The molecule has 0 saturated heterocycles. The van der Waals surface area contributed by atoms with Crippen LogP contribution in [0.1, 0.15) is 17.3 Å². The lowest BCUT2D eigenvalue weighted by Gasteiger charge is -2.09. The highest BCUT2D eigenvalue weighted by atomic mass is 35.5. The molecular weight excluding hydrogens is 263 g/mol. The van der Waals surface area contributed by atoms with E-state index in [1.54, 1.807) is 0 Å². The molecular formula is C11H12ClFN2O3. The number of halogens is 2. The Morgan fingerprint density at radius 1 is 1.61 bits per heavy atom. The molecule has 7 heteroatoms. The smallest absolute Gasteiger partial charge is 0.282 e. The summed E-state index contributed by atoms with van der Waals surface area (Å²) < 4.78 is 13.0.